The number of amides is 4. The average molecular weight is 491 g/mol. The molecule has 0 spiro atoms. The van der Waals surface area contributed by atoms with E-state index in [0.717, 1.165) is 6.42 Å². The number of hydrogen-bond acceptors (Lipinski definition) is 5. The fourth-order valence-corrected chi connectivity index (χ4v) is 5.33. The van der Waals surface area contributed by atoms with Crippen LogP contribution in [0.4, 0.5) is 4.79 Å². The van der Waals surface area contributed by atoms with Crippen molar-refractivity contribution < 1.29 is 19.2 Å². The molecule has 8 nitrogen and oxygen atoms in total. The van der Waals surface area contributed by atoms with Crippen LogP contribution in [0.1, 0.15) is 72.9 Å². The Labute approximate surface area is 212 Å². The quantitative estimate of drug-likeness (QED) is 0.444. The SMILES string of the molecule is CC(=O)c1ccccc1C(=O)N1CCC([C@]2(CCC(C)C)NC(=O)N(Cc3ccccn3)C2=O)CC1. The summed E-state index contributed by atoms with van der Waals surface area (Å²) in [6.07, 6.45) is 4.19. The average Bonchev–Trinajstić information content (AvgIpc) is 3.13. The molecule has 2 aromatic rings. The molecule has 0 saturated carbocycles. The number of benzene rings is 1. The fraction of sp³-hybridized carbons (Fsp3) is 0.464. The number of nitrogens with zero attached hydrogens (tertiary/aromatic N) is 3. The first-order chi connectivity index (χ1) is 17.2. The van der Waals surface area contributed by atoms with Gasteiger partial charge in [-0.05, 0) is 62.6 Å². The van der Waals surface area contributed by atoms with Gasteiger partial charge in [-0.2, -0.15) is 0 Å². The van der Waals surface area contributed by atoms with E-state index in [2.05, 4.69) is 24.1 Å². The van der Waals surface area contributed by atoms with E-state index in [0.29, 0.717) is 55.1 Å². The summed E-state index contributed by atoms with van der Waals surface area (Å²) >= 11 is 0. The molecule has 4 amide bonds. The predicted octanol–water partition coefficient (Wildman–Crippen LogP) is 4.06. The number of urea groups is 1. The number of imide groups is 1. The van der Waals surface area contributed by atoms with Gasteiger partial charge < -0.3 is 10.2 Å². The Balaban J connectivity index is 1.52. The van der Waals surface area contributed by atoms with Crippen LogP contribution in [-0.2, 0) is 11.3 Å². The second-order valence-corrected chi connectivity index (χ2v) is 10.2. The lowest BCUT2D eigenvalue weighted by Crippen LogP contribution is -2.56. The summed E-state index contributed by atoms with van der Waals surface area (Å²) in [4.78, 5) is 59.4. The molecule has 3 heterocycles. The molecule has 8 heteroatoms. The molecule has 0 bridgehead atoms. The topological polar surface area (TPSA) is 99.7 Å². The van der Waals surface area contributed by atoms with Crippen molar-refractivity contribution in [2.45, 2.75) is 58.5 Å². The lowest BCUT2D eigenvalue weighted by Gasteiger charge is -2.41. The van der Waals surface area contributed by atoms with Crippen molar-refractivity contribution in [1.82, 2.24) is 20.1 Å². The first-order valence-electron chi connectivity index (χ1n) is 12.7. The minimum Gasteiger partial charge on any atom is -0.339 e. The van der Waals surface area contributed by atoms with Gasteiger partial charge in [-0.1, -0.05) is 38.1 Å². The van der Waals surface area contributed by atoms with Gasteiger partial charge in [0.1, 0.15) is 5.54 Å². The van der Waals surface area contributed by atoms with E-state index in [1.54, 1.807) is 47.5 Å². The smallest absolute Gasteiger partial charge is 0.325 e. The van der Waals surface area contributed by atoms with Gasteiger partial charge >= 0.3 is 6.03 Å². The van der Waals surface area contributed by atoms with Gasteiger partial charge in [0.05, 0.1) is 17.8 Å². The number of pyridine rings is 1. The Kier molecular flexibility index (Phi) is 7.52. The van der Waals surface area contributed by atoms with E-state index in [4.69, 9.17) is 0 Å². The minimum atomic E-state index is -0.984. The first-order valence-corrected chi connectivity index (χ1v) is 12.7. The number of piperidine rings is 1. The maximum atomic E-state index is 13.8. The van der Waals surface area contributed by atoms with E-state index in [9.17, 15) is 19.2 Å². The number of carbonyl (C=O) groups is 4. The summed E-state index contributed by atoms with van der Waals surface area (Å²) in [6, 6.07) is 11.9. The fourth-order valence-electron chi connectivity index (χ4n) is 5.33. The molecule has 1 aromatic heterocycles. The molecule has 4 rings (SSSR count). The lowest BCUT2D eigenvalue weighted by molar-refractivity contribution is -0.134. The van der Waals surface area contributed by atoms with Crippen LogP contribution in [0.25, 0.3) is 0 Å². The highest BCUT2D eigenvalue weighted by atomic mass is 16.2. The Morgan fingerprint density at radius 1 is 1.06 bits per heavy atom. The zero-order valence-electron chi connectivity index (χ0n) is 21.2. The summed E-state index contributed by atoms with van der Waals surface area (Å²) in [7, 11) is 0. The molecule has 0 unspecified atom stereocenters. The summed E-state index contributed by atoms with van der Waals surface area (Å²) < 4.78 is 0. The van der Waals surface area contributed by atoms with E-state index >= 15 is 0 Å². The van der Waals surface area contributed by atoms with Crippen molar-refractivity contribution in [2.24, 2.45) is 11.8 Å². The molecule has 0 aliphatic carbocycles. The molecule has 36 heavy (non-hydrogen) atoms. The lowest BCUT2D eigenvalue weighted by atomic mass is 9.73. The van der Waals surface area contributed by atoms with Gasteiger partial charge in [0.2, 0.25) is 0 Å². The maximum Gasteiger partial charge on any atom is 0.325 e. The summed E-state index contributed by atoms with van der Waals surface area (Å²) in [5, 5.41) is 3.07. The Bertz CT molecular complexity index is 1140. The van der Waals surface area contributed by atoms with Crippen LogP contribution in [0.2, 0.25) is 0 Å². The zero-order chi connectivity index (χ0) is 25.9. The van der Waals surface area contributed by atoms with Crippen LogP contribution in [0.15, 0.2) is 48.7 Å². The van der Waals surface area contributed by atoms with Gasteiger partial charge in [-0.3, -0.25) is 24.3 Å². The largest absolute Gasteiger partial charge is 0.339 e. The standard InChI is InChI=1S/C28H34N4O4/c1-19(2)11-14-28(26(35)32(27(36)30-28)18-22-8-6-7-15-29-22)21-12-16-31(17-13-21)25(34)24-10-5-4-9-23(24)20(3)33/h4-10,15,19,21H,11-14,16-18H2,1-3H3,(H,30,36)/t28-/m0/s1. The van der Waals surface area contributed by atoms with E-state index in [1.165, 1.54) is 11.8 Å². The van der Waals surface area contributed by atoms with Crippen molar-refractivity contribution in [1.29, 1.82) is 0 Å². The van der Waals surface area contributed by atoms with Gasteiger partial charge in [-0.15, -0.1) is 0 Å². The molecule has 190 valence electrons. The first kappa shape index (κ1) is 25.5. The molecule has 0 radical (unpaired) electrons. The van der Waals surface area contributed by atoms with Gasteiger partial charge in [0.25, 0.3) is 11.8 Å². The molecule has 2 aliphatic heterocycles. The maximum absolute atomic E-state index is 13.8. The van der Waals surface area contributed by atoms with Gasteiger partial charge in [0, 0.05) is 24.8 Å². The van der Waals surface area contributed by atoms with Crippen LogP contribution < -0.4 is 5.32 Å². The third-order valence-electron chi connectivity index (χ3n) is 7.38. The van der Waals surface area contributed by atoms with Crippen molar-refractivity contribution in [3.63, 3.8) is 0 Å². The molecule has 2 saturated heterocycles. The third kappa shape index (κ3) is 5.03. The number of nitrogens with one attached hydrogen (secondary N) is 1. The third-order valence-corrected chi connectivity index (χ3v) is 7.38. The summed E-state index contributed by atoms with van der Waals surface area (Å²) in [5.41, 5.74) is 0.499. The van der Waals surface area contributed by atoms with E-state index < -0.39 is 5.54 Å². The monoisotopic (exact) mass is 490 g/mol. The van der Waals surface area contributed by atoms with Crippen molar-refractivity contribution >= 4 is 23.6 Å². The van der Waals surface area contributed by atoms with Crippen LogP contribution in [-0.4, -0.2) is 57.0 Å². The summed E-state index contributed by atoms with van der Waals surface area (Å²) in [5.74, 6) is -0.233. The molecule has 2 fully saturated rings. The highest BCUT2D eigenvalue weighted by Gasteiger charge is 2.55. The molecular weight excluding hydrogens is 456 g/mol. The number of carbonyl (C=O) groups excluding carboxylic acids is 4. The molecule has 1 N–H and O–H groups in total. The number of aromatic nitrogens is 1. The molecular formula is C28H34N4O4. The van der Waals surface area contributed by atoms with Crippen molar-refractivity contribution in [3.8, 4) is 0 Å². The number of Topliss-reactive ketones (excluding diaryl/α,β-unsaturated/α-hetero) is 1. The van der Waals surface area contributed by atoms with Gasteiger partial charge in [-0.25, -0.2) is 4.79 Å². The zero-order valence-corrected chi connectivity index (χ0v) is 21.2. The van der Waals surface area contributed by atoms with Crippen molar-refractivity contribution in [2.75, 3.05) is 13.1 Å². The minimum absolute atomic E-state index is 0.0893. The predicted molar refractivity (Wildman–Crippen MR) is 135 cm³/mol. The number of likely N-dealkylation sites (tertiary alicyclic amines) is 1. The number of ketones is 1. The Hall–Kier alpha value is -3.55. The summed E-state index contributed by atoms with van der Waals surface area (Å²) in [6.45, 7) is 6.73. The number of hydrogen-bond donors (Lipinski definition) is 1. The van der Waals surface area contributed by atoms with E-state index in [-0.39, 0.29) is 36.1 Å². The molecule has 2 aliphatic rings. The van der Waals surface area contributed by atoms with Gasteiger partial charge in [0.15, 0.2) is 5.78 Å². The van der Waals surface area contributed by atoms with Crippen LogP contribution in [0.5, 0.6) is 0 Å². The second-order valence-electron chi connectivity index (χ2n) is 10.2. The Morgan fingerprint density at radius 2 is 1.72 bits per heavy atom. The van der Waals surface area contributed by atoms with Crippen LogP contribution in [0, 0.1) is 11.8 Å². The number of rotatable bonds is 8. The van der Waals surface area contributed by atoms with Crippen LogP contribution in [0.3, 0.4) is 0 Å². The normalized spacial score (nSPS) is 20.7. The molecule has 1 atom stereocenters. The van der Waals surface area contributed by atoms with E-state index in [1.807, 2.05) is 6.07 Å². The Morgan fingerprint density at radius 3 is 2.33 bits per heavy atom. The second kappa shape index (κ2) is 10.6. The van der Waals surface area contributed by atoms with Crippen LogP contribution >= 0.6 is 0 Å². The highest BCUT2D eigenvalue weighted by molar-refractivity contribution is 6.08. The van der Waals surface area contributed by atoms with Crippen molar-refractivity contribution in [3.05, 3.63) is 65.5 Å². The highest BCUT2D eigenvalue weighted by Crippen LogP contribution is 2.38. The molecule has 1 aromatic carbocycles.